The van der Waals surface area contributed by atoms with Crippen molar-refractivity contribution in [3.63, 3.8) is 0 Å². The zero-order chi connectivity index (χ0) is 19.1. The highest BCUT2D eigenvalue weighted by molar-refractivity contribution is 6.00. The zero-order valence-corrected chi connectivity index (χ0v) is 15.8. The maximum Gasteiger partial charge on any atom is 0.325 e. The fourth-order valence-electron chi connectivity index (χ4n) is 2.96. The van der Waals surface area contributed by atoms with Crippen LogP contribution in [0.1, 0.15) is 45.6 Å². The van der Waals surface area contributed by atoms with Gasteiger partial charge in [-0.05, 0) is 44.4 Å². The van der Waals surface area contributed by atoms with E-state index >= 15 is 0 Å². The highest BCUT2D eigenvalue weighted by Gasteiger charge is 2.35. The summed E-state index contributed by atoms with van der Waals surface area (Å²) in [6.07, 6.45) is 3.26. The van der Waals surface area contributed by atoms with Gasteiger partial charge in [0.1, 0.15) is 6.54 Å². The first-order valence-corrected chi connectivity index (χ1v) is 9.27. The lowest BCUT2D eigenvalue weighted by molar-refractivity contribution is -0.147. The third kappa shape index (κ3) is 5.58. The van der Waals surface area contributed by atoms with Crippen molar-refractivity contribution < 1.29 is 19.1 Å². The van der Waals surface area contributed by atoms with Crippen LogP contribution in [-0.2, 0) is 25.5 Å². The van der Waals surface area contributed by atoms with E-state index in [1.165, 1.54) is 5.56 Å². The molecule has 1 atom stereocenters. The maximum atomic E-state index is 12.3. The third-order valence-corrected chi connectivity index (χ3v) is 4.34. The summed E-state index contributed by atoms with van der Waals surface area (Å²) in [4.78, 5) is 37.7. The molecule has 1 N–H and O–H groups in total. The minimum atomic E-state index is -0.475. The molecule has 1 aromatic carbocycles. The van der Waals surface area contributed by atoms with Gasteiger partial charge in [-0.15, -0.1) is 0 Å². The summed E-state index contributed by atoms with van der Waals surface area (Å²) >= 11 is 0. The summed E-state index contributed by atoms with van der Waals surface area (Å²) in [7, 11) is 0. The van der Waals surface area contributed by atoms with Gasteiger partial charge in [-0.1, -0.05) is 25.5 Å². The Morgan fingerprint density at radius 3 is 2.58 bits per heavy atom. The number of anilines is 1. The van der Waals surface area contributed by atoms with Crippen molar-refractivity contribution >= 4 is 23.5 Å². The van der Waals surface area contributed by atoms with Crippen molar-refractivity contribution in [1.82, 2.24) is 5.32 Å². The van der Waals surface area contributed by atoms with Gasteiger partial charge in [0.25, 0.3) is 0 Å². The Kier molecular flexibility index (Phi) is 7.18. The van der Waals surface area contributed by atoms with Crippen molar-refractivity contribution in [2.24, 2.45) is 5.92 Å². The molecule has 2 rings (SSSR count). The molecule has 0 spiro atoms. The fraction of sp³-hybridized carbons (Fsp3) is 0.550. The quantitative estimate of drug-likeness (QED) is 0.723. The molecule has 0 aromatic heterocycles. The summed E-state index contributed by atoms with van der Waals surface area (Å²) in [5.74, 6) is -1.29. The largest absolute Gasteiger partial charge is 0.462 e. The molecule has 1 aromatic rings. The van der Waals surface area contributed by atoms with E-state index in [1.54, 1.807) is 18.7 Å². The number of ether oxygens (including phenoxy) is 1. The molecule has 26 heavy (non-hydrogen) atoms. The van der Waals surface area contributed by atoms with Gasteiger partial charge in [0.2, 0.25) is 11.8 Å². The van der Waals surface area contributed by atoms with Gasteiger partial charge in [-0.25, -0.2) is 0 Å². The summed E-state index contributed by atoms with van der Waals surface area (Å²) in [6.45, 7) is 5.82. The Balaban J connectivity index is 1.89. The van der Waals surface area contributed by atoms with Gasteiger partial charge in [0, 0.05) is 18.7 Å². The molecule has 0 saturated carbocycles. The van der Waals surface area contributed by atoms with Crippen molar-refractivity contribution in [2.75, 3.05) is 18.0 Å². The SMILES string of the molecule is CCCCc1ccc(N2CC(C(=O)NCC(=O)OC(C)C)CC2=O)cc1. The number of unbranched alkanes of at least 4 members (excludes halogenated alkanes) is 1. The standard InChI is InChI=1S/C20H28N2O4/c1-4-5-6-15-7-9-17(10-8-15)22-13-16(11-18(22)23)20(25)21-12-19(24)26-14(2)3/h7-10,14,16H,4-6,11-13H2,1-3H3,(H,21,25). The van der Waals surface area contributed by atoms with E-state index in [9.17, 15) is 14.4 Å². The molecule has 1 aliphatic rings. The van der Waals surface area contributed by atoms with Crippen LogP contribution >= 0.6 is 0 Å². The monoisotopic (exact) mass is 360 g/mol. The smallest absolute Gasteiger partial charge is 0.325 e. The highest BCUT2D eigenvalue weighted by atomic mass is 16.5. The molecule has 0 aliphatic carbocycles. The van der Waals surface area contributed by atoms with E-state index in [0.29, 0.717) is 6.54 Å². The Morgan fingerprint density at radius 1 is 1.27 bits per heavy atom. The van der Waals surface area contributed by atoms with Crippen molar-refractivity contribution in [2.45, 2.75) is 52.6 Å². The topological polar surface area (TPSA) is 75.7 Å². The van der Waals surface area contributed by atoms with Gasteiger partial charge in [-0.2, -0.15) is 0 Å². The van der Waals surface area contributed by atoms with E-state index < -0.39 is 11.9 Å². The molecule has 0 radical (unpaired) electrons. The first kappa shape index (κ1) is 19.9. The van der Waals surface area contributed by atoms with Crippen LogP contribution in [0.2, 0.25) is 0 Å². The molecule has 1 unspecified atom stereocenters. The van der Waals surface area contributed by atoms with E-state index in [1.807, 2.05) is 24.3 Å². The number of benzene rings is 1. The predicted molar refractivity (Wildman–Crippen MR) is 99.8 cm³/mol. The average Bonchev–Trinajstić information content (AvgIpc) is 2.99. The minimum Gasteiger partial charge on any atom is -0.462 e. The molecule has 1 saturated heterocycles. The zero-order valence-electron chi connectivity index (χ0n) is 15.8. The third-order valence-electron chi connectivity index (χ3n) is 4.34. The van der Waals surface area contributed by atoms with Gasteiger partial charge < -0.3 is 15.0 Å². The summed E-state index contributed by atoms with van der Waals surface area (Å²) in [5, 5.41) is 2.56. The number of nitrogens with zero attached hydrogens (tertiary/aromatic N) is 1. The molecular formula is C20H28N2O4. The number of nitrogens with one attached hydrogen (secondary N) is 1. The number of carbonyl (C=O) groups excluding carboxylic acids is 3. The predicted octanol–water partition coefficient (Wildman–Crippen LogP) is 2.45. The summed E-state index contributed by atoms with van der Waals surface area (Å²) < 4.78 is 4.98. The molecule has 2 amide bonds. The molecule has 142 valence electrons. The van der Waals surface area contributed by atoms with Gasteiger partial charge in [0.15, 0.2) is 0 Å². The second-order valence-electron chi connectivity index (χ2n) is 6.93. The number of amides is 2. The van der Waals surface area contributed by atoms with Crippen LogP contribution in [0.4, 0.5) is 5.69 Å². The average molecular weight is 360 g/mol. The van der Waals surface area contributed by atoms with E-state index in [4.69, 9.17) is 4.74 Å². The van der Waals surface area contributed by atoms with Crippen LogP contribution in [0.25, 0.3) is 0 Å². The number of hydrogen-bond acceptors (Lipinski definition) is 4. The number of rotatable bonds is 8. The Hall–Kier alpha value is -2.37. The first-order valence-electron chi connectivity index (χ1n) is 9.27. The lowest BCUT2D eigenvalue weighted by Gasteiger charge is -2.17. The van der Waals surface area contributed by atoms with Gasteiger partial charge in [-0.3, -0.25) is 14.4 Å². The second-order valence-corrected chi connectivity index (χ2v) is 6.93. The normalized spacial score (nSPS) is 16.8. The molecule has 6 nitrogen and oxygen atoms in total. The molecule has 1 aliphatic heterocycles. The molecule has 1 heterocycles. The molecule has 0 bridgehead atoms. The van der Waals surface area contributed by atoms with Gasteiger partial charge >= 0.3 is 5.97 Å². The van der Waals surface area contributed by atoms with Crippen LogP contribution in [-0.4, -0.2) is 37.0 Å². The van der Waals surface area contributed by atoms with Crippen LogP contribution in [0.5, 0.6) is 0 Å². The molecule has 1 fully saturated rings. The maximum absolute atomic E-state index is 12.3. The lowest BCUT2D eigenvalue weighted by atomic mass is 10.1. The fourth-order valence-corrected chi connectivity index (χ4v) is 2.96. The minimum absolute atomic E-state index is 0.0729. The van der Waals surface area contributed by atoms with Crippen LogP contribution in [0.15, 0.2) is 24.3 Å². The Bertz CT molecular complexity index is 640. The van der Waals surface area contributed by atoms with E-state index in [2.05, 4.69) is 12.2 Å². The van der Waals surface area contributed by atoms with Crippen LogP contribution in [0.3, 0.4) is 0 Å². The van der Waals surface area contributed by atoms with Crippen molar-refractivity contribution in [3.8, 4) is 0 Å². The second kappa shape index (κ2) is 9.36. The Morgan fingerprint density at radius 2 is 1.96 bits per heavy atom. The van der Waals surface area contributed by atoms with Crippen LogP contribution < -0.4 is 10.2 Å². The number of aryl methyl sites for hydroxylation is 1. The van der Waals surface area contributed by atoms with Crippen molar-refractivity contribution in [1.29, 1.82) is 0 Å². The van der Waals surface area contributed by atoms with Crippen LogP contribution in [0, 0.1) is 5.92 Å². The van der Waals surface area contributed by atoms with Gasteiger partial charge in [0.05, 0.1) is 12.0 Å². The highest BCUT2D eigenvalue weighted by Crippen LogP contribution is 2.25. The van der Waals surface area contributed by atoms with Crippen molar-refractivity contribution in [3.05, 3.63) is 29.8 Å². The van der Waals surface area contributed by atoms with E-state index in [0.717, 1.165) is 24.9 Å². The molecular weight excluding hydrogens is 332 g/mol. The summed E-state index contributed by atoms with van der Waals surface area (Å²) in [5.41, 5.74) is 2.06. The number of hydrogen-bond donors (Lipinski definition) is 1. The molecule has 6 heteroatoms. The number of esters is 1. The first-order chi connectivity index (χ1) is 12.4. The Labute approximate surface area is 154 Å². The van der Waals surface area contributed by atoms with E-state index in [-0.39, 0.29) is 30.9 Å². The summed E-state index contributed by atoms with van der Waals surface area (Å²) in [6, 6.07) is 7.94. The lowest BCUT2D eigenvalue weighted by Crippen LogP contribution is -2.37. The number of carbonyl (C=O) groups is 3.